The van der Waals surface area contributed by atoms with Gasteiger partial charge in [-0.2, -0.15) is 0 Å². The molecule has 1 aromatic carbocycles. The first kappa shape index (κ1) is 13.3. The maximum atomic E-state index is 13.7. The fourth-order valence-corrected chi connectivity index (χ4v) is 5.18. The number of carbonyl (C=O) groups is 1. The minimum atomic E-state index is -2.07. The molecule has 0 aliphatic heterocycles. The molecular weight excluding hydrogens is 298 g/mol. The van der Waals surface area contributed by atoms with Crippen molar-refractivity contribution in [1.82, 2.24) is 0 Å². The van der Waals surface area contributed by atoms with Gasteiger partial charge in [-0.3, -0.25) is 0 Å². The van der Waals surface area contributed by atoms with Gasteiger partial charge in [-0.15, -0.1) is 0 Å². The first-order valence-corrected chi connectivity index (χ1v) is 8.87. The third kappa shape index (κ3) is 2.32. The summed E-state index contributed by atoms with van der Waals surface area (Å²) in [5.74, 6) is -3.81. The highest BCUT2D eigenvalue weighted by Gasteiger charge is 2.29. The molecule has 0 aliphatic rings. The van der Waals surface area contributed by atoms with E-state index < -0.39 is 31.2 Å². The van der Waals surface area contributed by atoms with Crippen molar-refractivity contribution in [3.8, 4) is 0 Å². The van der Waals surface area contributed by atoms with Gasteiger partial charge in [0.05, 0.1) is 13.6 Å². The van der Waals surface area contributed by atoms with Gasteiger partial charge in [-0.25, -0.2) is 13.6 Å². The number of carboxylic acids is 1. The van der Waals surface area contributed by atoms with Gasteiger partial charge < -0.3 is 5.11 Å². The number of carboxylic acid groups (broad SMARTS) is 1. The summed E-state index contributed by atoms with van der Waals surface area (Å²) in [6.07, 6.45) is 0. The van der Waals surface area contributed by atoms with Gasteiger partial charge in [0.15, 0.2) is 11.6 Å². The average Bonchev–Trinajstić information content (AvgIpc) is 2.08. The van der Waals surface area contributed by atoms with Crippen LogP contribution in [-0.2, 0) is 0 Å². The Hall–Kier alpha value is -0.753. The van der Waals surface area contributed by atoms with E-state index >= 15 is 0 Å². The first-order chi connectivity index (χ1) is 7.16. The highest BCUT2D eigenvalue weighted by Crippen LogP contribution is 2.21. The van der Waals surface area contributed by atoms with Gasteiger partial charge in [0.2, 0.25) is 0 Å². The molecule has 0 atom stereocenters. The van der Waals surface area contributed by atoms with Crippen LogP contribution in [0.4, 0.5) is 8.78 Å². The van der Waals surface area contributed by atoms with E-state index in [2.05, 4.69) is 15.9 Å². The van der Waals surface area contributed by atoms with Crippen molar-refractivity contribution in [3.05, 3.63) is 27.7 Å². The molecule has 0 heterocycles. The van der Waals surface area contributed by atoms with Crippen molar-refractivity contribution >= 4 is 35.2 Å². The standard InChI is InChI=1S/C10H11BrF2O2Si/c1-16(2,3)9-6(11)4-5(10(14)15)7(12)8(9)13/h4H,1-3H3,(H,14,15). The average molecular weight is 309 g/mol. The van der Waals surface area contributed by atoms with Crippen molar-refractivity contribution < 1.29 is 18.7 Å². The lowest BCUT2D eigenvalue weighted by Crippen LogP contribution is -2.42. The molecule has 88 valence electrons. The number of hydrogen-bond donors (Lipinski definition) is 1. The Morgan fingerprint density at radius 1 is 1.31 bits per heavy atom. The Morgan fingerprint density at radius 2 is 1.81 bits per heavy atom. The SMILES string of the molecule is C[Si](C)(C)c1c(Br)cc(C(=O)O)c(F)c1F. The Morgan fingerprint density at radius 3 is 2.19 bits per heavy atom. The molecule has 0 fully saturated rings. The minimum absolute atomic E-state index is 0.273. The lowest BCUT2D eigenvalue weighted by Gasteiger charge is -2.20. The first-order valence-electron chi connectivity index (χ1n) is 4.57. The molecule has 0 unspecified atom stereocenters. The quantitative estimate of drug-likeness (QED) is 0.673. The molecule has 6 heteroatoms. The molecule has 0 radical (unpaired) electrons. The van der Waals surface area contributed by atoms with E-state index in [1.807, 2.05) is 19.6 Å². The van der Waals surface area contributed by atoms with Crippen LogP contribution in [0.5, 0.6) is 0 Å². The van der Waals surface area contributed by atoms with Crippen LogP contribution < -0.4 is 5.19 Å². The van der Waals surface area contributed by atoms with Gasteiger partial charge in [-0.1, -0.05) is 35.6 Å². The molecule has 0 saturated carbocycles. The van der Waals surface area contributed by atoms with Crippen molar-refractivity contribution in [2.24, 2.45) is 0 Å². The summed E-state index contributed by atoms with van der Waals surface area (Å²) < 4.78 is 27.5. The third-order valence-corrected chi connectivity index (χ3v) is 5.12. The van der Waals surface area contributed by atoms with Gasteiger partial charge in [-0.05, 0) is 11.3 Å². The van der Waals surface area contributed by atoms with Crippen molar-refractivity contribution in [2.75, 3.05) is 0 Å². The lowest BCUT2D eigenvalue weighted by atomic mass is 10.2. The second kappa shape index (κ2) is 4.25. The van der Waals surface area contributed by atoms with Crippen molar-refractivity contribution in [2.45, 2.75) is 19.6 Å². The molecule has 0 amide bonds. The van der Waals surface area contributed by atoms with Crippen LogP contribution in [-0.4, -0.2) is 19.1 Å². The largest absolute Gasteiger partial charge is 0.478 e. The number of benzene rings is 1. The fourth-order valence-electron chi connectivity index (χ4n) is 1.44. The molecule has 0 saturated heterocycles. The molecule has 1 rings (SSSR count). The van der Waals surface area contributed by atoms with Crippen LogP contribution in [0.15, 0.2) is 10.5 Å². The predicted octanol–water partition coefficient (Wildman–Crippen LogP) is 2.97. The van der Waals surface area contributed by atoms with Crippen LogP contribution in [0.3, 0.4) is 0 Å². The van der Waals surface area contributed by atoms with Crippen LogP contribution in [0.1, 0.15) is 10.4 Å². The van der Waals surface area contributed by atoms with Crippen LogP contribution >= 0.6 is 15.9 Å². The Labute approximate surface area is 101 Å². The summed E-state index contributed by atoms with van der Waals surface area (Å²) in [5.41, 5.74) is -0.647. The van der Waals surface area contributed by atoms with Gasteiger partial charge in [0.1, 0.15) is 0 Å². The summed E-state index contributed by atoms with van der Waals surface area (Å²) in [6.45, 7) is 5.57. The molecule has 1 N–H and O–H groups in total. The van der Waals surface area contributed by atoms with E-state index in [-0.39, 0.29) is 5.19 Å². The maximum Gasteiger partial charge on any atom is 0.338 e. The van der Waals surface area contributed by atoms with E-state index in [1.54, 1.807) is 0 Å². The number of aromatic carboxylic acids is 1. The fraction of sp³-hybridized carbons (Fsp3) is 0.300. The Kier molecular flexibility index (Phi) is 3.54. The highest BCUT2D eigenvalue weighted by molar-refractivity contribution is 9.10. The number of halogens is 3. The predicted molar refractivity (Wildman–Crippen MR) is 64.0 cm³/mol. The van der Waals surface area contributed by atoms with Crippen molar-refractivity contribution in [1.29, 1.82) is 0 Å². The van der Waals surface area contributed by atoms with Crippen LogP contribution in [0.2, 0.25) is 19.6 Å². The molecule has 2 nitrogen and oxygen atoms in total. The van der Waals surface area contributed by atoms with E-state index in [4.69, 9.17) is 5.11 Å². The molecule has 0 bridgehead atoms. The summed E-state index contributed by atoms with van der Waals surface area (Å²) in [7, 11) is -2.07. The molecule has 16 heavy (non-hydrogen) atoms. The Balaban J connectivity index is 3.59. The van der Waals surface area contributed by atoms with E-state index in [0.29, 0.717) is 4.47 Å². The van der Waals surface area contributed by atoms with Gasteiger partial charge in [0.25, 0.3) is 0 Å². The van der Waals surface area contributed by atoms with Gasteiger partial charge in [0, 0.05) is 4.47 Å². The zero-order valence-electron chi connectivity index (χ0n) is 9.07. The second-order valence-electron chi connectivity index (χ2n) is 4.46. The molecule has 0 aliphatic carbocycles. The second-order valence-corrected chi connectivity index (χ2v) is 10.3. The normalized spacial score (nSPS) is 11.6. The minimum Gasteiger partial charge on any atom is -0.478 e. The number of rotatable bonds is 2. The summed E-state index contributed by atoms with van der Waals surface area (Å²) in [6, 6.07) is 1.12. The summed E-state index contributed by atoms with van der Waals surface area (Å²) >= 11 is 3.10. The summed E-state index contributed by atoms with van der Waals surface area (Å²) in [4.78, 5) is 10.7. The molecule has 0 spiro atoms. The topological polar surface area (TPSA) is 37.3 Å². The monoisotopic (exact) mass is 308 g/mol. The summed E-state index contributed by atoms with van der Waals surface area (Å²) in [5, 5.41) is 8.97. The maximum absolute atomic E-state index is 13.7. The molecular formula is C10H11BrF2O2Si. The van der Waals surface area contributed by atoms with E-state index in [0.717, 1.165) is 6.07 Å². The van der Waals surface area contributed by atoms with Crippen LogP contribution in [0, 0.1) is 11.6 Å². The lowest BCUT2D eigenvalue weighted by molar-refractivity contribution is 0.0690. The smallest absolute Gasteiger partial charge is 0.338 e. The van der Waals surface area contributed by atoms with Crippen LogP contribution in [0.25, 0.3) is 0 Å². The van der Waals surface area contributed by atoms with Gasteiger partial charge >= 0.3 is 5.97 Å². The molecule has 1 aromatic rings. The molecule has 0 aromatic heterocycles. The van der Waals surface area contributed by atoms with E-state index in [9.17, 15) is 13.6 Å². The third-order valence-electron chi connectivity index (χ3n) is 2.14. The van der Waals surface area contributed by atoms with Crippen molar-refractivity contribution in [3.63, 3.8) is 0 Å². The zero-order valence-corrected chi connectivity index (χ0v) is 11.7. The van der Waals surface area contributed by atoms with E-state index in [1.165, 1.54) is 0 Å². The number of hydrogen-bond acceptors (Lipinski definition) is 1. The Bertz CT molecular complexity index is 455. The zero-order chi connectivity index (χ0) is 12.7. The highest BCUT2D eigenvalue weighted by atomic mass is 79.9.